The Kier molecular flexibility index (Phi) is 4.28. The molecule has 1 heterocycles. The second-order valence-electron chi connectivity index (χ2n) is 3.23. The van der Waals surface area contributed by atoms with Crippen LogP contribution in [0.3, 0.4) is 0 Å². The third-order valence-electron chi connectivity index (χ3n) is 2.23. The number of primary amides is 1. The lowest BCUT2D eigenvalue weighted by Crippen LogP contribution is -2.28. The summed E-state index contributed by atoms with van der Waals surface area (Å²) in [7, 11) is 0. The maximum atomic E-state index is 11.2. The van der Waals surface area contributed by atoms with Gasteiger partial charge >= 0.3 is 0 Å². The lowest BCUT2D eigenvalue weighted by atomic mass is 10.2. The van der Waals surface area contributed by atoms with Gasteiger partial charge in [0.05, 0.1) is 18.1 Å². The maximum Gasteiger partial charge on any atom is 0.252 e. The molecule has 0 aliphatic rings. The van der Waals surface area contributed by atoms with Crippen LogP contribution >= 0.6 is 0 Å². The number of nitriles is 1. The fraction of sp³-hybridized carbons (Fsp3) is 0.364. The largest absolute Gasteiger partial charge is 0.365 e. The van der Waals surface area contributed by atoms with Crippen molar-refractivity contribution in [2.75, 3.05) is 18.0 Å². The first-order chi connectivity index (χ1) is 7.70. The summed E-state index contributed by atoms with van der Waals surface area (Å²) >= 11 is 0. The molecule has 0 saturated carbocycles. The van der Waals surface area contributed by atoms with Crippen molar-refractivity contribution in [2.45, 2.75) is 13.3 Å². The maximum absolute atomic E-state index is 11.2. The van der Waals surface area contributed by atoms with Gasteiger partial charge in [0.2, 0.25) is 0 Å². The highest BCUT2D eigenvalue weighted by molar-refractivity contribution is 5.97. The molecule has 0 spiro atoms. The molecule has 84 valence electrons. The van der Waals surface area contributed by atoms with Gasteiger partial charge in [-0.1, -0.05) is 0 Å². The topological polar surface area (TPSA) is 83.0 Å². The zero-order valence-corrected chi connectivity index (χ0v) is 9.18. The van der Waals surface area contributed by atoms with Gasteiger partial charge < -0.3 is 10.6 Å². The molecule has 0 aromatic carbocycles. The fourth-order valence-corrected chi connectivity index (χ4v) is 1.44. The number of pyridine rings is 1. The Morgan fingerprint density at radius 3 is 3.00 bits per heavy atom. The van der Waals surface area contributed by atoms with Crippen LogP contribution in [0.25, 0.3) is 0 Å². The molecule has 16 heavy (non-hydrogen) atoms. The molecular weight excluding hydrogens is 204 g/mol. The van der Waals surface area contributed by atoms with Gasteiger partial charge in [0.1, 0.15) is 5.82 Å². The number of aromatic nitrogens is 1. The number of hydrogen-bond acceptors (Lipinski definition) is 4. The number of carbonyl (C=O) groups excluding carboxylic acids is 1. The summed E-state index contributed by atoms with van der Waals surface area (Å²) in [6, 6.07) is 5.37. The zero-order chi connectivity index (χ0) is 12.0. The standard InChI is InChI=1S/C11H14N4O/c1-2-15(8-4-6-12)11-9(10(13)16)5-3-7-14-11/h3,5,7H,2,4,8H2,1H3,(H2,13,16). The van der Waals surface area contributed by atoms with Crippen molar-refractivity contribution >= 4 is 11.7 Å². The van der Waals surface area contributed by atoms with E-state index in [-0.39, 0.29) is 0 Å². The van der Waals surface area contributed by atoms with Gasteiger partial charge in [0.15, 0.2) is 0 Å². The molecule has 0 fully saturated rings. The number of hydrogen-bond donors (Lipinski definition) is 1. The number of amides is 1. The van der Waals surface area contributed by atoms with Crippen LogP contribution in [0.5, 0.6) is 0 Å². The van der Waals surface area contributed by atoms with Crippen molar-refractivity contribution in [3.63, 3.8) is 0 Å². The zero-order valence-electron chi connectivity index (χ0n) is 9.18. The van der Waals surface area contributed by atoms with Crippen LogP contribution in [-0.2, 0) is 0 Å². The van der Waals surface area contributed by atoms with E-state index in [1.807, 2.05) is 11.8 Å². The number of anilines is 1. The van der Waals surface area contributed by atoms with Gasteiger partial charge in [-0.2, -0.15) is 5.26 Å². The van der Waals surface area contributed by atoms with Crippen LogP contribution in [0.2, 0.25) is 0 Å². The van der Waals surface area contributed by atoms with Gasteiger partial charge in [0, 0.05) is 19.3 Å². The summed E-state index contributed by atoms with van der Waals surface area (Å²) in [4.78, 5) is 17.2. The van der Waals surface area contributed by atoms with Crippen molar-refractivity contribution in [3.05, 3.63) is 23.9 Å². The monoisotopic (exact) mass is 218 g/mol. The van der Waals surface area contributed by atoms with Crippen LogP contribution in [0.1, 0.15) is 23.7 Å². The van der Waals surface area contributed by atoms with Crippen LogP contribution in [0.4, 0.5) is 5.82 Å². The molecule has 0 saturated heterocycles. The average molecular weight is 218 g/mol. The van der Waals surface area contributed by atoms with Crippen molar-refractivity contribution in [1.29, 1.82) is 5.26 Å². The highest BCUT2D eigenvalue weighted by atomic mass is 16.1. The number of rotatable bonds is 5. The average Bonchev–Trinajstić information content (AvgIpc) is 2.30. The van der Waals surface area contributed by atoms with Crippen molar-refractivity contribution < 1.29 is 4.79 Å². The Labute approximate surface area is 94.5 Å². The molecule has 1 rings (SSSR count). The Morgan fingerprint density at radius 2 is 2.44 bits per heavy atom. The first-order valence-corrected chi connectivity index (χ1v) is 5.07. The smallest absolute Gasteiger partial charge is 0.252 e. The van der Waals surface area contributed by atoms with E-state index >= 15 is 0 Å². The Bertz CT molecular complexity index is 411. The Balaban J connectivity index is 3.00. The molecule has 0 atom stereocenters. The van der Waals surface area contributed by atoms with Crippen molar-refractivity contribution in [2.24, 2.45) is 5.73 Å². The second kappa shape index (κ2) is 5.71. The second-order valence-corrected chi connectivity index (χ2v) is 3.23. The molecule has 5 nitrogen and oxygen atoms in total. The predicted molar refractivity (Wildman–Crippen MR) is 60.9 cm³/mol. The number of nitrogens with zero attached hydrogens (tertiary/aromatic N) is 3. The lowest BCUT2D eigenvalue weighted by Gasteiger charge is -2.22. The Morgan fingerprint density at radius 1 is 1.69 bits per heavy atom. The van der Waals surface area contributed by atoms with Gasteiger partial charge in [-0.3, -0.25) is 4.79 Å². The highest BCUT2D eigenvalue weighted by Crippen LogP contribution is 2.16. The molecule has 0 aliphatic carbocycles. The molecule has 0 aliphatic heterocycles. The predicted octanol–water partition coefficient (Wildman–Crippen LogP) is 0.920. The van der Waals surface area contributed by atoms with E-state index in [2.05, 4.69) is 11.1 Å². The molecule has 1 amide bonds. The Hall–Kier alpha value is -2.09. The minimum absolute atomic E-state index is 0.391. The summed E-state index contributed by atoms with van der Waals surface area (Å²) in [6.07, 6.45) is 2.00. The molecular formula is C11H14N4O. The lowest BCUT2D eigenvalue weighted by molar-refractivity contribution is 0.100. The van der Waals surface area contributed by atoms with E-state index < -0.39 is 5.91 Å². The van der Waals surface area contributed by atoms with Gasteiger partial charge in [-0.05, 0) is 19.1 Å². The summed E-state index contributed by atoms with van der Waals surface area (Å²) in [5.41, 5.74) is 5.66. The van der Waals surface area contributed by atoms with E-state index in [1.54, 1.807) is 18.3 Å². The first-order valence-electron chi connectivity index (χ1n) is 5.07. The summed E-state index contributed by atoms with van der Waals surface area (Å²) in [5, 5.41) is 8.55. The molecule has 0 unspecified atom stereocenters. The van der Waals surface area contributed by atoms with E-state index in [0.717, 1.165) is 0 Å². The molecule has 2 N–H and O–H groups in total. The minimum Gasteiger partial charge on any atom is -0.365 e. The first kappa shape index (κ1) is 12.0. The fourth-order valence-electron chi connectivity index (χ4n) is 1.44. The van der Waals surface area contributed by atoms with E-state index in [0.29, 0.717) is 30.9 Å². The van der Waals surface area contributed by atoms with E-state index in [1.165, 1.54) is 0 Å². The van der Waals surface area contributed by atoms with E-state index in [9.17, 15) is 4.79 Å². The van der Waals surface area contributed by atoms with Crippen molar-refractivity contribution in [1.82, 2.24) is 4.98 Å². The molecule has 0 bridgehead atoms. The van der Waals surface area contributed by atoms with Gasteiger partial charge in [-0.15, -0.1) is 0 Å². The third-order valence-corrected chi connectivity index (χ3v) is 2.23. The van der Waals surface area contributed by atoms with Crippen LogP contribution in [-0.4, -0.2) is 24.0 Å². The van der Waals surface area contributed by atoms with Crippen LogP contribution < -0.4 is 10.6 Å². The van der Waals surface area contributed by atoms with Crippen LogP contribution in [0.15, 0.2) is 18.3 Å². The molecule has 0 radical (unpaired) electrons. The summed E-state index contributed by atoms with van der Waals surface area (Å²) in [6.45, 7) is 3.17. The third kappa shape index (κ3) is 2.70. The summed E-state index contributed by atoms with van der Waals surface area (Å²) in [5.74, 6) is 0.0475. The minimum atomic E-state index is -0.501. The van der Waals surface area contributed by atoms with Crippen molar-refractivity contribution in [3.8, 4) is 6.07 Å². The molecule has 1 aromatic heterocycles. The highest BCUT2D eigenvalue weighted by Gasteiger charge is 2.13. The molecule has 1 aromatic rings. The number of nitrogens with two attached hydrogens (primary N) is 1. The van der Waals surface area contributed by atoms with E-state index in [4.69, 9.17) is 11.0 Å². The van der Waals surface area contributed by atoms with Crippen LogP contribution in [0, 0.1) is 11.3 Å². The van der Waals surface area contributed by atoms with Gasteiger partial charge in [-0.25, -0.2) is 4.98 Å². The SMILES string of the molecule is CCN(CCC#N)c1ncccc1C(N)=O. The molecule has 5 heteroatoms. The van der Waals surface area contributed by atoms with Gasteiger partial charge in [0.25, 0.3) is 5.91 Å². The summed E-state index contributed by atoms with van der Waals surface area (Å²) < 4.78 is 0. The quantitative estimate of drug-likeness (QED) is 0.796. The normalized spacial score (nSPS) is 9.50. The number of carbonyl (C=O) groups is 1.